The van der Waals surface area contributed by atoms with Gasteiger partial charge in [-0.15, -0.1) is 6.58 Å². The summed E-state index contributed by atoms with van der Waals surface area (Å²) in [5, 5.41) is 4.08. The van der Waals surface area contributed by atoms with E-state index in [1.54, 1.807) is 0 Å². The molecule has 0 saturated heterocycles. The van der Waals surface area contributed by atoms with E-state index in [-0.39, 0.29) is 0 Å². The molecule has 1 unspecified atom stereocenters. The summed E-state index contributed by atoms with van der Waals surface area (Å²) in [7, 11) is 0. The summed E-state index contributed by atoms with van der Waals surface area (Å²) in [6, 6.07) is 7.76. The number of ether oxygens (including phenoxy) is 1. The largest absolute Gasteiger partial charge is 0.492 e. The summed E-state index contributed by atoms with van der Waals surface area (Å²) in [6.07, 6.45) is 0.925. The second-order valence-corrected chi connectivity index (χ2v) is 4.62. The quantitative estimate of drug-likeness (QED) is 0.749. The predicted molar refractivity (Wildman–Crippen MR) is 73.8 cm³/mol. The first-order valence-electron chi connectivity index (χ1n) is 5.88. The molecule has 1 aromatic carbocycles. The van der Waals surface area contributed by atoms with Crippen molar-refractivity contribution in [3.8, 4) is 5.75 Å². The Bertz CT molecular complexity index is 365. The molecule has 2 nitrogen and oxygen atoms in total. The molecule has 1 rings (SSSR count). The van der Waals surface area contributed by atoms with Gasteiger partial charge in [-0.1, -0.05) is 30.2 Å². The van der Waals surface area contributed by atoms with Crippen LogP contribution in [-0.4, -0.2) is 19.2 Å². The van der Waals surface area contributed by atoms with Gasteiger partial charge < -0.3 is 10.1 Å². The molecule has 0 saturated carbocycles. The van der Waals surface area contributed by atoms with Gasteiger partial charge in [0.15, 0.2) is 0 Å². The van der Waals surface area contributed by atoms with Crippen LogP contribution in [0.1, 0.15) is 20.3 Å². The fraction of sp³-hybridized carbons (Fsp3) is 0.429. The Kier molecular flexibility index (Phi) is 6.09. The Morgan fingerprint density at radius 1 is 1.53 bits per heavy atom. The summed E-state index contributed by atoms with van der Waals surface area (Å²) in [5.41, 5.74) is 1.16. The molecule has 0 aliphatic rings. The Labute approximate surface area is 109 Å². The van der Waals surface area contributed by atoms with Crippen LogP contribution in [0.4, 0.5) is 0 Å². The van der Waals surface area contributed by atoms with Gasteiger partial charge in [0, 0.05) is 11.1 Å². The monoisotopic (exact) mass is 253 g/mol. The maximum absolute atomic E-state index is 5.90. The summed E-state index contributed by atoms with van der Waals surface area (Å²) in [6.45, 7) is 9.60. The van der Waals surface area contributed by atoms with Gasteiger partial charge in [-0.05, 0) is 38.1 Å². The third kappa shape index (κ3) is 5.76. The highest BCUT2D eigenvalue weighted by Gasteiger charge is 2.08. The van der Waals surface area contributed by atoms with E-state index in [9.17, 15) is 0 Å². The van der Waals surface area contributed by atoms with Gasteiger partial charge in [-0.2, -0.15) is 0 Å². The Balaban J connectivity index is 2.48. The van der Waals surface area contributed by atoms with Crippen molar-refractivity contribution < 1.29 is 4.74 Å². The van der Waals surface area contributed by atoms with Gasteiger partial charge in [-0.25, -0.2) is 0 Å². The van der Waals surface area contributed by atoms with E-state index in [2.05, 4.69) is 18.8 Å². The first-order chi connectivity index (χ1) is 8.11. The fourth-order valence-corrected chi connectivity index (χ4v) is 1.83. The predicted octanol–water partition coefficient (Wildman–Crippen LogP) is 3.66. The summed E-state index contributed by atoms with van der Waals surface area (Å²) >= 11 is 5.90. The first-order valence-corrected chi connectivity index (χ1v) is 6.25. The summed E-state index contributed by atoms with van der Waals surface area (Å²) < 4.78 is 5.71. The third-order valence-corrected chi connectivity index (χ3v) is 2.57. The molecule has 1 N–H and O–H groups in total. The van der Waals surface area contributed by atoms with Gasteiger partial charge in [0.25, 0.3) is 0 Å². The smallest absolute Gasteiger partial charge is 0.120 e. The lowest BCUT2D eigenvalue weighted by atomic mass is 10.1. The lowest BCUT2D eigenvalue weighted by Gasteiger charge is -2.18. The summed E-state index contributed by atoms with van der Waals surface area (Å²) in [4.78, 5) is 0. The maximum Gasteiger partial charge on any atom is 0.120 e. The molecule has 0 radical (unpaired) electrons. The van der Waals surface area contributed by atoms with Crippen molar-refractivity contribution in [3.63, 3.8) is 0 Å². The molecule has 1 aromatic rings. The van der Waals surface area contributed by atoms with E-state index in [0.717, 1.165) is 24.3 Å². The van der Waals surface area contributed by atoms with E-state index in [0.29, 0.717) is 17.7 Å². The topological polar surface area (TPSA) is 21.3 Å². The van der Waals surface area contributed by atoms with Gasteiger partial charge >= 0.3 is 0 Å². The number of hydrogen-bond donors (Lipinski definition) is 1. The minimum absolute atomic E-state index is 0.302. The Hall–Kier alpha value is -0.990. The molecule has 0 aliphatic heterocycles. The van der Waals surface area contributed by atoms with Gasteiger partial charge in [-0.3, -0.25) is 0 Å². The highest BCUT2D eigenvalue weighted by atomic mass is 35.5. The molecule has 0 aromatic heterocycles. The maximum atomic E-state index is 5.90. The van der Waals surface area contributed by atoms with Crippen molar-refractivity contribution in [1.29, 1.82) is 0 Å². The van der Waals surface area contributed by atoms with Crippen molar-refractivity contribution in [2.24, 2.45) is 0 Å². The highest BCUT2D eigenvalue weighted by molar-refractivity contribution is 6.30. The molecular weight excluding hydrogens is 234 g/mol. The number of nitrogens with one attached hydrogen (secondary N) is 1. The Morgan fingerprint density at radius 2 is 2.29 bits per heavy atom. The molecule has 0 bridgehead atoms. The number of halogens is 1. The van der Waals surface area contributed by atoms with Crippen LogP contribution in [0.25, 0.3) is 0 Å². The second kappa shape index (κ2) is 7.36. The zero-order valence-corrected chi connectivity index (χ0v) is 11.3. The number of likely N-dealkylation sites (N-methyl/N-ethyl adjacent to an activating group) is 1. The third-order valence-electron chi connectivity index (χ3n) is 2.33. The van der Waals surface area contributed by atoms with Crippen LogP contribution in [-0.2, 0) is 0 Å². The van der Waals surface area contributed by atoms with E-state index >= 15 is 0 Å². The molecule has 0 aliphatic carbocycles. The lowest BCUT2D eigenvalue weighted by molar-refractivity contribution is 0.265. The SMILES string of the molecule is C=C(C)CC(COc1cccc(Cl)c1)NCC. The minimum atomic E-state index is 0.302. The minimum Gasteiger partial charge on any atom is -0.492 e. The van der Waals surface area contributed by atoms with Gasteiger partial charge in [0.1, 0.15) is 12.4 Å². The van der Waals surface area contributed by atoms with E-state index in [1.165, 1.54) is 0 Å². The molecule has 17 heavy (non-hydrogen) atoms. The van der Waals surface area contributed by atoms with Crippen molar-refractivity contribution in [3.05, 3.63) is 41.4 Å². The molecule has 0 fully saturated rings. The molecule has 1 atom stereocenters. The van der Waals surface area contributed by atoms with Crippen LogP contribution >= 0.6 is 11.6 Å². The van der Waals surface area contributed by atoms with E-state index in [4.69, 9.17) is 16.3 Å². The number of rotatable bonds is 7. The normalized spacial score (nSPS) is 12.2. The lowest BCUT2D eigenvalue weighted by Crippen LogP contribution is -2.34. The molecule has 0 spiro atoms. The molecule has 0 heterocycles. The standard InChI is InChI=1S/C14H20ClNO/c1-4-16-13(8-11(2)3)10-17-14-7-5-6-12(15)9-14/h5-7,9,13,16H,2,4,8,10H2,1,3H3. The Morgan fingerprint density at radius 3 is 2.88 bits per heavy atom. The van der Waals surface area contributed by atoms with Crippen LogP contribution in [0.2, 0.25) is 5.02 Å². The highest BCUT2D eigenvalue weighted by Crippen LogP contribution is 2.17. The first kappa shape index (κ1) is 14.1. The molecule has 3 heteroatoms. The summed E-state index contributed by atoms with van der Waals surface area (Å²) in [5.74, 6) is 0.808. The van der Waals surface area contributed by atoms with Crippen molar-refractivity contribution in [2.45, 2.75) is 26.3 Å². The second-order valence-electron chi connectivity index (χ2n) is 4.18. The van der Waals surface area contributed by atoms with Crippen LogP contribution in [0, 0.1) is 0 Å². The van der Waals surface area contributed by atoms with Crippen molar-refractivity contribution >= 4 is 11.6 Å². The number of benzene rings is 1. The van der Waals surface area contributed by atoms with Crippen molar-refractivity contribution in [1.82, 2.24) is 5.32 Å². The fourth-order valence-electron chi connectivity index (χ4n) is 1.65. The van der Waals surface area contributed by atoms with Crippen LogP contribution in [0.15, 0.2) is 36.4 Å². The molecule has 0 amide bonds. The van der Waals surface area contributed by atoms with Crippen molar-refractivity contribution in [2.75, 3.05) is 13.2 Å². The average molecular weight is 254 g/mol. The van der Waals surface area contributed by atoms with Gasteiger partial charge in [0.2, 0.25) is 0 Å². The van der Waals surface area contributed by atoms with E-state index < -0.39 is 0 Å². The average Bonchev–Trinajstić information content (AvgIpc) is 2.26. The van der Waals surface area contributed by atoms with E-state index in [1.807, 2.05) is 31.2 Å². The van der Waals surface area contributed by atoms with Crippen LogP contribution < -0.4 is 10.1 Å². The van der Waals surface area contributed by atoms with Crippen LogP contribution in [0.3, 0.4) is 0 Å². The zero-order valence-electron chi connectivity index (χ0n) is 10.5. The van der Waals surface area contributed by atoms with Gasteiger partial charge in [0.05, 0.1) is 0 Å². The van der Waals surface area contributed by atoms with Crippen LogP contribution in [0.5, 0.6) is 5.75 Å². The zero-order chi connectivity index (χ0) is 12.7. The number of hydrogen-bond acceptors (Lipinski definition) is 2. The molecular formula is C14H20ClNO. The molecule has 94 valence electrons.